The predicted octanol–water partition coefficient (Wildman–Crippen LogP) is 2.98. The fraction of sp³-hybridized carbons (Fsp3) is 0.400. The van der Waals surface area contributed by atoms with Crippen LogP contribution in [0.2, 0.25) is 0 Å². The molecular formula is C10H12BrN3OS. The SMILES string of the molecule is CCCNC(c1csnn1)c1occc1Br. The summed E-state index contributed by atoms with van der Waals surface area (Å²) in [6.07, 6.45) is 2.73. The van der Waals surface area contributed by atoms with Crippen molar-refractivity contribution in [3.8, 4) is 0 Å². The number of aromatic nitrogens is 2. The number of rotatable bonds is 5. The Balaban J connectivity index is 2.25. The van der Waals surface area contributed by atoms with Crippen LogP contribution in [0.4, 0.5) is 0 Å². The first-order chi connectivity index (χ1) is 7.83. The second-order valence-electron chi connectivity index (χ2n) is 3.35. The van der Waals surface area contributed by atoms with E-state index in [0.717, 1.165) is 28.9 Å². The Kier molecular flexibility index (Phi) is 4.09. The van der Waals surface area contributed by atoms with Gasteiger partial charge in [-0.2, -0.15) is 0 Å². The minimum absolute atomic E-state index is 0.0249. The molecule has 16 heavy (non-hydrogen) atoms. The summed E-state index contributed by atoms with van der Waals surface area (Å²) in [6.45, 7) is 3.04. The van der Waals surface area contributed by atoms with Crippen molar-refractivity contribution < 1.29 is 4.42 Å². The van der Waals surface area contributed by atoms with Crippen molar-refractivity contribution in [3.05, 3.63) is 33.6 Å². The molecule has 2 aromatic rings. The van der Waals surface area contributed by atoms with E-state index in [1.165, 1.54) is 11.5 Å². The van der Waals surface area contributed by atoms with Gasteiger partial charge >= 0.3 is 0 Å². The second kappa shape index (κ2) is 5.56. The summed E-state index contributed by atoms with van der Waals surface area (Å²) in [7, 11) is 0. The van der Waals surface area contributed by atoms with Crippen molar-refractivity contribution in [1.29, 1.82) is 0 Å². The molecule has 6 heteroatoms. The molecule has 1 atom stereocenters. The maximum Gasteiger partial charge on any atom is 0.141 e. The highest BCUT2D eigenvalue weighted by Crippen LogP contribution is 2.28. The molecule has 2 heterocycles. The van der Waals surface area contributed by atoms with Gasteiger partial charge in [-0.3, -0.25) is 0 Å². The molecule has 0 bridgehead atoms. The van der Waals surface area contributed by atoms with Crippen LogP contribution in [0.15, 0.2) is 26.6 Å². The zero-order valence-electron chi connectivity index (χ0n) is 8.81. The topological polar surface area (TPSA) is 51.0 Å². The van der Waals surface area contributed by atoms with E-state index >= 15 is 0 Å². The largest absolute Gasteiger partial charge is 0.466 e. The van der Waals surface area contributed by atoms with Gasteiger partial charge in [0.1, 0.15) is 17.5 Å². The van der Waals surface area contributed by atoms with Crippen molar-refractivity contribution in [1.82, 2.24) is 14.9 Å². The monoisotopic (exact) mass is 301 g/mol. The van der Waals surface area contributed by atoms with E-state index in [0.29, 0.717) is 0 Å². The summed E-state index contributed by atoms with van der Waals surface area (Å²) in [6, 6.07) is 1.86. The molecule has 2 rings (SSSR count). The Morgan fingerprint density at radius 1 is 1.62 bits per heavy atom. The van der Waals surface area contributed by atoms with Gasteiger partial charge in [0.15, 0.2) is 0 Å². The minimum atomic E-state index is -0.0249. The Morgan fingerprint density at radius 2 is 2.50 bits per heavy atom. The Bertz CT molecular complexity index is 429. The fourth-order valence-corrected chi connectivity index (χ4v) is 2.34. The van der Waals surface area contributed by atoms with Gasteiger partial charge in [-0.15, -0.1) is 5.10 Å². The van der Waals surface area contributed by atoms with Crippen LogP contribution < -0.4 is 5.32 Å². The number of hydrogen-bond acceptors (Lipinski definition) is 5. The average molecular weight is 302 g/mol. The smallest absolute Gasteiger partial charge is 0.141 e. The molecule has 1 unspecified atom stereocenters. The molecule has 0 aliphatic heterocycles. The number of halogens is 1. The van der Waals surface area contributed by atoms with E-state index in [4.69, 9.17) is 4.42 Å². The molecule has 2 aromatic heterocycles. The Labute approximate surface area is 106 Å². The van der Waals surface area contributed by atoms with Crippen LogP contribution in [0.1, 0.15) is 30.8 Å². The second-order valence-corrected chi connectivity index (χ2v) is 4.81. The first-order valence-corrected chi connectivity index (χ1v) is 6.69. The number of furan rings is 1. The van der Waals surface area contributed by atoms with E-state index < -0.39 is 0 Å². The van der Waals surface area contributed by atoms with Crippen molar-refractivity contribution in [2.24, 2.45) is 0 Å². The molecule has 0 saturated carbocycles. The summed E-state index contributed by atoms with van der Waals surface area (Å²) < 4.78 is 10.3. The van der Waals surface area contributed by atoms with Crippen LogP contribution in [-0.2, 0) is 0 Å². The van der Waals surface area contributed by atoms with Gasteiger partial charge in [-0.25, -0.2) is 0 Å². The highest BCUT2D eigenvalue weighted by atomic mass is 79.9. The van der Waals surface area contributed by atoms with Crippen molar-refractivity contribution >= 4 is 27.5 Å². The lowest BCUT2D eigenvalue weighted by atomic mass is 10.1. The third kappa shape index (κ3) is 2.50. The molecule has 86 valence electrons. The summed E-state index contributed by atoms with van der Waals surface area (Å²) in [5, 5.41) is 9.42. The van der Waals surface area contributed by atoms with Crippen LogP contribution in [0.3, 0.4) is 0 Å². The van der Waals surface area contributed by atoms with E-state index in [-0.39, 0.29) is 6.04 Å². The standard InChI is InChI=1S/C10H12BrN3OS/c1-2-4-12-9(8-6-16-14-13-8)10-7(11)3-5-15-10/h3,5-6,9,12H,2,4H2,1H3. The lowest BCUT2D eigenvalue weighted by molar-refractivity contribution is 0.439. The van der Waals surface area contributed by atoms with Crippen LogP contribution >= 0.6 is 27.5 Å². The molecule has 0 saturated heterocycles. The molecular weight excluding hydrogens is 290 g/mol. The maximum atomic E-state index is 5.47. The van der Waals surface area contributed by atoms with Crippen LogP contribution in [0, 0.1) is 0 Å². The molecule has 0 amide bonds. The van der Waals surface area contributed by atoms with E-state index in [2.05, 4.69) is 37.8 Å². The Hall–Kier alpha value is -0.720. The lowest BCUT2D eigenvalue weighted by Crippen LogP contribution is -2.23. The predicted molar refractivity (Wildman–Crippen MR) is 66.5 cm³/mol. The molecule has 0 aliphatic carbocycles. The number of hydrogen-bond donors (Lipinski definition) is 1. The van der Waals surface area contributed by atoms with Gasteiger partial charge in [-0.1, -0.05) is 11.4 Å². The highest BCUT2D eigenvalue weighted by Gasteiger charge is 2.21. The molecule has 0 radical (unpaired) electrons. The normalized spacial score (nSPS) is 12.9. The lowest BCUT2D eigenvalue weighted by Gasteiger charge is -2.13. The summed E-state index contributed by atoms with van der Waals surface area (Å²) in [5.74, 6) is 0.848. The molecule has 0 spiro atoms. The zero-order valence-corrected chi connectivity index (χ0v) is 11.2. The fourth-order valence-electron chi connectivity index (χ4n) is 1.43. The van der Waals surface area contributed by atoms with Gasteiger partial charge in [0.2, 0.25) is 0 Å². The van der Waals surface area contributed by atoms with Gasteiger partial charge in [0, 0.05) is 5.38 Å². The summed E-state index contributed by atoms with van der Waals surface area (Å²) >= 11 is 4.81. The van der Waals surface area contributed by atoms with E-state index in [9.17, 15) is 0 Å². The molecule has 4 nitrogen and oxygen atoms in total. The van der Waals surface area contributed by atoms with Crippen molar-refractivity contribution in [2.45, 2.75) is 19.4 Å². The molecule has 0 fully saturated rings. The van der Waals surface area contributed by atoms with E-state index in [1.54, 1.807) is 6.26 Å². The first-order valence-electron chi connectivity index (χ1n) is 5.06. The highest BCUT2D eigenvalue weighted by molar-refractivity contribution is 9.10. The first kappa shape index (κ1) is 11.8. The van der Waals surface area contributed by atoms with Crippen molar-refractivity contribution in [2.75, 3.05) is 6.54 Å². The minimum Gasteiger partial charge on any atom is -0.466 e. The van der Waals surface area contributed by atoms with Gasteiger partial charge < -0.3 is 9.73 Å². The molecule has 0 aliphatic rings. The Morgan fingerprint density at radius 3 is 3.06 bits per heavy atom. The molecule has 0 aromatic carbocycles. The third-order valence-corrected chi connectivity index (χ3v) is 3.36. The van der Waals surface area contributed by atoms with Crippen LogP contribution in [0.25, 0.3) is 0 Å². The van der Waals surface area contributed by atoms with Crippen LogP contribution in [0.5, 0.6) is 0 Å². The van der Waals surface area contributed by atoms with Gasteiger partial charge in [0.05, 0.1) is 10.7 Å². The summed E-state index contributed by atoms with van der Waals surface area (Å²) in [5.41, 5.74) is 0.897. The number of nitrogens with zero attached hydrogens (tertiary/aromatic N) is 2. The van der Waals surface area contributed by atoms with Gasteiger partial charge in [-0.05, 0) is 46.5 Å². The molecule has 1 N–H and O–H groups in total. The van der Waals surface area contributed by atoms with E-state index in [1.807, 2.05) is 11.4 Å². The maximum absolute atomic E-state index is 5.47. The average Bonchev–Trinajstić information content (AvgIpc) is 2.91. The quantitative estimate of drug-likeness (QED) is 0.922. The summed E-state index contributed by atoms with van der Waals surface area (Å²) in [4.78, 5) is 0. The van der Waals surface area contributed by atoms with Crippen LogP contribution in [-0.4, -0.2) is 16.1 Å². The zero-order chi connectivity index (χ0) is 11.4. The number of nitrogens with one attached hydrogen (secondary N) is 1. The van der Waals surface area contributed by atoms with Gasteiger partial charge in [0.25, 0.3) is 0 Å². The van der Waals surface area contributed by atoms with Crippen molar-refractivity contribution in [3.63, 3.8) is 0 Å². The third-order valence-electron chi connectivity index (χ3n) is 2.18.